The smallest absolute Gasteiger partial charge is 0.252 e. The van der Waals surface area contributed by atoms with Crippen LogP contribution in [0.25, 0.3) is 10.9 Å². The summed E-state index contributed by atoms with van der Waals surface area (Å²) < 4.78 is 28.3. The molecular formula is C20H21F2N4O3+. The van der Waals surface area contributed by atoms with Gasteiger partial charge in [0.1, 0.15) is 11.7 Å². The molecule has 2 heterocycles. The van der Waals surface area contributed by atoms with Crippen LogP contribution in [-0.4, -0.2) is 40.5 Å². The number of pyridine rings is 1. The van der Waals surface area contributed by atoms with E-state index >= 15 is 0 Å². The van der Waals surface area contributed by atoms with E-state index in [9.17, 15) is 23.3 Å². The van der Waals surface area contributed by atoms with E-state index in [1.165, 1.54) is 25.1 Å². The van der Waals surface area contributed by atoms with Gasteiger partial charge < -0.3 is 10.3 Å². The Hall–Kier alpha value is -3.15. The molecule has 2 aromatic rings. The first-order valence-corrected chi connectivity index (χ1v) is 9.29. The Kier molecular flexibility index (Phi) is 5.73. The predicted octanol–water partition coefficient (Wildman–Crippen LogP) is 2.05. The number of benzene rings is 1. The average molecular weight is 403 g/mol. The van der Waals surface area contributed by atoms with Gasteiger partial charge in [-0.15, -0.1) is 0 Å². The van der Waals surface area contributed by atoms with Crippen LogP contribution in [0.3, 0.4) is 0 Å². The summed E-state index contributed by atoms with van der Waals surface area (Å²) >= 11 is 0. The summed E-state index contributed by atoms with van der Waals surface area (Å²) in [5.74, 6) is -1.69. The minimum absolute atomic E-state index is 0.0554. The molecule has 4 atom stereocenters. The van der Waals surface area contributed by atoms with Crippen molar-refractivity contribution in [2.75, 3.05) is 6.54 Å². The first kappa shape index (κ1) is 20.6. The third-order valence-corrected chi connectivity index (χ3v) is 5.39. The molecule has 29 heavy (non-hydrogen) atoms. The zero-order chi connectivity index (χ0) is 21.3. The predicted molar refractivity (Wildman–Crippen MR) is 101 cm³/mol. The summed E-state index contributed by atoms with van der Waals surface area (Å²) in [6.07, 6.45) is -1.86. The van der Waals surface area contributed by atoms with Crippen molar-refractivity contribution in [2.45, 2.75) is 44.9 Å². The maximum Gasteiger partial charge on any atom is 0.252 e. The summed E-state index contributed by atoms with van der Waals surface area (Å²) in [5, 5.41) is 12.1. The average Bonchev–Trinajstić information content (AvgIpc) is 2.64. The van der Waals surface area contributed by atoms with Gasteiger partial charge in [-0.05, 0) is 37.6 Å². The maximum atomic E-state index is 14.4. The second-order valence-electron chi connectivity index (χ2n) is 7.45. The van der Waals surface area contributed by atoms with Gasteiger partial charge in [-0.25, -0.2) is 8.78 Å². The monoisotopic (exact) mass is 403 g/mol. The Morgan fingerprint density at radius 1 is 1.48 bits per heavy atom. The third-order valence-electron chi connectivity index (χ3n) is 5.39. The lowest BCUT2D eigenvalue weighted by Crippen LogP contribution is -2.55. The van der Waals surface area contributed by atoms with E-state index in [1.807, 2.05) is 6.07 Å². The number of piperidine rings is 1. The first-order valence-electron chi connectivity index (χ1n) is 9.29. The molecule has 152 valence electrons. The number of aromatic amines is 1. The van der Waals surface area contributed by atoms with Crippen molar-refractivity contribution >= 4 is 16.8 Å². The van der Waals surface area contributed by atoms with Gasteiger partial charge in [0.15, 0.2) is 6.17 Å². The van der Waals surface area contributed by atoms with E-state index in [0.29, 0.717) is 21.2 Å². The molecule has 0 radical (unpaired) electrons. The van der Waals surface area contributed by atoms with Crippen LogP contribution in [0, 0.1) is 34.9 Å². The van der Waals surface area contributed by atoms with Crippen LogP contribution in [0.15, 0.2) is 23.0 Å². The lowest BCUT2D eigenvalue weighted by atomic mass is 9.90. The standard InChI is InChI=1S/C20H20F2N4O3/c1-10-14-4-3-13(21)6-17(14)25-20(28)15(10)7-18(27)24-11(2)19-16(22)5-12(8-23)9-26(19)29/h3-4,6,11-12,16,19H,5,7,9H2,1-2H3,(H-,24,25,27,28)/p+1. The van der Waals surface area contributed by atoms with E-state index < -0.39 is 41.5 Å². The van der Waals surface area contributed by atoms with E-state index in [1.54, 1.807) is 6.92 Å². The molecule has 1 aliphatic heterocycles. The van der Waals surface area contributed by atoms with Gasteiger partial charge in [-0.3, -0.25) is 9.59 Å². The topological polar surface area (TPSA) is 106 Å². The third kappa shape index (κ3) is 4.16. The fourth-order valence-electron chi connectivity index (χ4n) is 3.90. The molecule has 1 saturated heterocycles. The molecule has 1 amide bonds. The second-order valence-corrected chi connectivity index (χ2v) is 7.45. The van der Waals surface area contributed by atoms with Crippen LogP contribution in [-0.2, 0) is 11.2 Å². The molecule has 4 unspecified atom stereocenters. The Morgan fingerprint density at radius 2 is 2.21 bits per heavy atom. The van der Waals surface area contributed by atoms with Gasteiger partial charge >= 0.3 is 0 Å². The van der Waals surface area contributed by atoms with Gasteiger partial charge in [0, 0.05) is 27.0 Å². The fraction of sp³-hybridized carbons (Fsp3) is 0.450. The van der Waals surface area contributed by atoms with E-state index in [0.717, 1.165) is 0 Å². The molecule has 0 aliphatic carbocycles. The summed E-state index contributed by atoms with van der Waals surface area (Å²) in [4.78, 5) is 39.5. The van der Waals surface area contributed by atoms with Crippen molar-refractivity contribution in [3.05, 3.63) is 50.4 Å². The van der Waals surface area contributed by atoms with Crippen LogP contribution in [0.2, 0.25) is 0 Å². The number of fused-ring (bicyclic) bond motifs is 1. The number of carbonyl (C=O) groups excluding carboxylic acids is 1. The minimum Gasteiger partial charge on any atom is -0.346 e. The highest BCUT2D eigenvalue weighted by molar-refractivity contribution is 5.85. The number of rotatable bonds is 4. The number of amides is 1. The van der Waals surface area contributed by atoms with Crippen molar-refractivity contribution in [1.82, 2.24) is 10.3 Å². The van der Waals surface area contributed by atoms with Crippen molar-refractivity contribution in [1.29, 1.82) is 5.26 Å². The molecule has 1 aromatic carbocycles. The van der Waals surface area contributed by atoms with Crippen LogP contribution >= 0.6 is 0 Å². The highest BCUT2D eigenvalue weighted by atomic mass is 19.1. The molecule has 1 aromatic heterocycles. The summed E-state index contributed by atoms with van der Waals surface area (Å²) in [6, 6.07) is 4.00. The number of H-pyrrole nitrogens is 1. The minimum atomic E-state index is -1.54. The molecule has 3 rings (SSSR count). The van der Waals surface area contributed by atoms with Crippen molar-refractivity contribution in [3.63, 3.8) is 0 Å². The quantitative estimate of drug-likeness (QED) is 0.762. The number of nitrogens with zero attached hydrogens (tertiary/aromatic N) is 2. The number of hydrogen-bond donors (Lipinski definition) is 2. The number of nitrogens with one attached hydrogen (secondary N) is 2. The van der Waals surface area contributed by atoms with Gasteiger partial charge in [0.25, 0.3) is 11.6 Å². The number of halogens is 2. The Morgan fingerprint density at radius 3 is 2.86 bits per heavy atom. The summed E-state index contributed by atoms with van der Waals surface area (Å²) in [7, 11) is 0. The Bertz CT molecular complexity index is 1080. The summed E-state index contributed by atoms with van der Waals surface area (Å²) in [5.41, 5.74) is 0.598. The van der Waals surface area contributed by atoms with Crippen molar-refractivity contribution in [3.8, 4) is 6.07 Å². The molecule has 1 fully saturated rings. The molecule has 0 saturated carbocycles. The number of aryl methyl sites for hydroxylation is 1. The molecule has 1 aliphatic rings. The lowest BCUT2D eigenvalue weighted by molar-refractivity contribution is -0.610. The number of nitriles is 1. The van der Waals surface area contributed by atoms with Crippen molar-refractivity contribution < 1.29 is 18.3 Å². The van der Waals surface area contributed by atoms with Gasteiger partial charge in [-0.2, -0.15) is 5.26 Å². The van der Waals surface area contributed by atoms with Crippen LogP contribution < -0.4 is 10.9 Å². The Labute approximate surface area is 165 Å². The highest BCUT2D eigenvalue weighted by Gasteiger charge is 2.47. The highest BCUT2D eigenvalue weighted by Crippen LogP contribution is 2.24. The maximum absolute atomic E-state index is 14.4. The number of alkyl halides is 1. The van der Waals surface area contributed by atoms with Gasteiger partial charge in [0.05, 0.1) is 24.0 Å². The van der Waals surface area contributed by atoms with Gasteiger partial charge in [0.2, 0.25) is 12.5 Å². The van der Waals surface area contributed by atoms with Crippen LogP contribution in [0.4, 0.5) is 8.78 Å². The second kappa shape index (κ2) is 8.07. The molecular weight excluding hydrogens is 382 g/mol. The molecule has 7 nitrogen and oxygen atoms in total. The Balaban J connectivity index is 1.76. The van der Waals surface area contributed by atoms with E-state index in [2.05, 4.69) is 10.3 Å². The van der Waals surface area contributed by atoms with E-state index in [-0.39, 0.29) is 24.9 Å². The number of carbonyl (C=O) groups is 1. The normalized spacial score (nSPS) is 22.9. The largest absolute Gasteiger partial charge is 0.346 e. The molecule has 9 heteroatoms. The SMILES string of the molecule is Cc1c(CC(=O)NC(C)C2C(F)CC(C#N)C[N+]2=O)c(=O)[nH]c2cc(F)ccc12. The molecule has 2 N–H and O–H groups in total. The number of nitroso groups, excluding NO2 is 1. The fourth-order valence-corrected chi connectivity index (χ4v) is 3.90. The lowest BCUT2D eigenvalue weighted by Gasteiger charge is -2.26. The van der Waals surface area contributed by atoms with Gasteiger partial charge in [-0.1, -0.05) is 0 Å². The number of aromatic nitrogens is 1. The summed E-state index contributed by atoms with van der Waals surface area (Å²) in [6.45, 7) is 3.08. The van der Waals surface area contributed by atoms with Crippen LogP contribution in [0.5, 0.6) is 0 Å². The zero-order valence-electron chi connectivity index (χ0n) is 16.0. The van der Waals surface area contributed by atoms with Crippen molar-refractivity contribution in [2.24, 2.45) is 5.92 Å². The van der Waals surface area contributed by atoms with Crippen LogP contribution in [0.1, 0.15) is 24.5 Å². The number of hydrogen-bond acceptors (Lipinski definition) is 4. The first-order chi connectivity index (χ1) is 13.7. The van der Waals surface area contributed by atoms with E-state index in [4.69, 9.17) is 5.26 Å². The zero-order valence-corrected chi connectivity index (χ0v) is 16.0. The molecule has 0 bridgehead atoms. The molecule has 0 spiro atoms.